The van der Waals surface area contributed by atoms with Gasteiger partial charge in [-0.15, -0.1) is 0 Å². The molecule has 0 aliphatic rings. The highest BCUT2D eigenvalue weighted by Gasteiger charge is 2.33. The maximum atomic E-state index is 11.1. The summed E-state index contributed by atoms with van der Waals surface area (Å²) in [4.78, 5) is 27.7. The summed E-state index contributed by atoms with van der Waals surface area (Å²) in [6.45, 7) is -1.26. The molecule has 0 aromatic carbocycles. The molecule has 19 heavy (non-hydrogen) atoms. The molecule has 11 nitrogen and oxygen atoms in total. The van der Waals surface area contributed by atoms with Crippen molar-refractivity contribution in [1.82, 2.24) is 0 Å². The third kappa shape index (κ3) is 8.36. The van der Waals surface area contributed by atoms with E-state index in [1.54, 1.807) is 0 Å². The molecule has 6 N–H and O–H groups in total. The number of hydrogen-bond donors (Lipinski definition) is 6. The molecule has 0 rings (SSSR count). The van der Waals surface area contributed by atoms with Gasteiger partial charge in [-0.1, -0.05) is 0 Å². The highest BCUT2D eigenvalue weighted by Crippen LogP contribution is 2.35. The fourth-order valence-electron chi connectivity index (χ4n) is 0.948. The number of ketones is 1. The molecule has 13 heteroatoms. The van der Waals surface area contributed by atoms with Crippen LogP contribution in [0.15, 0.2) is 0 Å². The zero-order chi connectivity index (χ0) is 15.4. The zero-order valence-electron chi connectivity index (χ0n) is 9.23. The van der Waals surface area contributed by atoms with Crippen molar-refractivity contribution in [2.24, 2.45) is 0 Å². The van der Waals surface area contributed by atoms with Gasteiger partial charge in [-0.05, 0) is 0 Å². The number of aliphatic hydroxyl groups excluding tert-OH is 3. The van der Waals surface area contributed by atoms with Crippen molar-refractivity contribution in [1.29, 1.82) is 0 Å². The second-order valence-corrected chi connectivity index (χ2v) is 6.22. The van der Waals surface area contributed by atoms with Crippen molar-refractivity contribution in [3.05, 3.63) is 0 Å². The average Bonchev–Trinajstić information content (AvgIpc) is 2.20. The van der Waals surface area contributed by atoms with Gasteiger partial charge in [0, 0.05) is 0 Å². The van der Waals surface area contributed by atoms with Crippen LogP contribution in [0.2, 0.25) is 0 Å². The van der Waals surface area contributed by atoms with Crippen LogP contribution in [0.3, 0.4) is 0 Å². The van der Waals surface area contributed by atoms with Gasteiger partial charge in [0.05, 0.1) is 6.10 Å². The Kier molecular flexibility index (Phi) is 6.68. The Morgan fingerprint density at radius 1 is 1.21 bits per heavy atom. The van der Waals surface area contributed by atoms with Gasteiger partial charge in [-0.25, -0.2) is 4.57 Å². The molecule has 0 spiro atoms. The summed E-state index contributed by atoms with van der Waals surface area (Å²) in [6, 6.07) is 0. The van der Waals surface area contributed by atoms with Gasteiger partial charge < -0.3 is 25.1 Å². The molecule has 0 aliphatic heterocycles. The van der Waals surface area contributed by atoms with E-state index < -0.39 is 54.4 Å². The first-order chi connectivity index (χ1) is 8.33. The van der Waals surface area contributed by atoms with E-state index in [2.05, 4.69) is 4.52 Å². The monoisotopic (exact) mass is 324 g/mol. The fraction of sp³-hybridized carbons (Fsp3) is 0.833. The number of hydrogen-bond acceptors (Lipinski definition) is 8. The summed E-state index contributed by atoms with van der Waals surface area (Å²) in [7, 11) is -9.61. The molecule has 114 valence electrons. The quantitative estimate of drug-likeness (QED) is 0.192. The maximum absolute atomic E-state index is 11.1. The van der Waals surface area contributed by atoms with Gasteiger partial charge in [0.2, 0.25) is 0 Å². The topological polar surface area (TPSA) is 199 Å². The largest absolute Gasteiger partial charge is 0.470 e. The molecular weight excluding hydrogens is 311 g/mol. The number of rotatable bonds is 8. The van der Waals surface area contributed by atoms with Gasteiger partial charge in [-0.3, -0.25) is 13.9 Å². The van der Waals surface area contributed by atoms with E-state index in [1.807, 2.05) is 0 Å². The Morgan fingerprint density at radius 2 is 1.68 bits per heavy atom. The average molecular weight is 324 g/mol. The summed E-state index contributed by atoms with van der Waals surface area (Å²) in [5, 5.41) is 27.5. The van der Waals surface area contributed by atoms with Crippen LogP contribution in [0, 0.1) is 0 Å². The molecule has 0 bridgehead atoms. The van der Waals surface area contributed by atoms with Crippen LogP contribution < -0.4 is 0 Å². The number of aliphatic hydroxyl groups is 3. The Balaban J connectivity index is 4.51. The summed E-state index contributed by atoms with van der Waals surface area (Å²) in [6.07, 6.45) is -6.80. The summed E-state index contributed by atoms with van der Waals surface area (Å²) < 4.78 is 43.1. The predicted octanol–water partition coefficient (Wildman–Crippen LogP) is -3.36. The molecule has 0 saturated carbocycles. The molecule has 0 heterocycles. The Bertz CT molecular complexity index is 452. The predicted molar refractivity (Wildman–Crippen MR) is 57.4 cm³/mol. The number of carbonyl (C=O) groups is 1. The van der Waals surface area contributed by atoms with E-state index in [0.717, 1.165) is 0 Å². The van der Waals surface area contributed by atoms with Crippen LogP contribution in [0.4, 0.5) is 0 Å². The normalized spacial score (nSPS) is 17.8. The molecule has 0 amide bonds. The third-order valence-electron chi connectivity index (χ3n) is 1.80. The Labute approximate surface area is 107 Å². The SMILES string of the molecule is O=C(COP(=O)(O)O)[C@@H](O)[C@H](O)[C@H](O)CS(=O)(=O)O. The maximum Gasteiger partial charge on any atom is 0.470 e. The van der Waals surface area contributed by atoms with Crippen molar-refractivity contribution >= 4 is 23.7 Å². The molecule has 0 fully saturated rings. The van der Waals surface area contributed by atoms with Crippen LogP contribution in [-0.4, -0.2) is 74.5 Å². The van der Waals surface area contributed by atoms with Crippen molar-refractivity contribution < 1.29 is 52.0 Å². The lowest BCUT2D eigenvalue weighted by atomic mass is 10.1. The first-order valence-electron chi connectivity index (χ1n) is 4.55. The van der Waals surface area contributed by atoms with E-state index >= 15 is 0 Å². The van der Waals surface area contributed by atoms with E-state index in [4.69, 9.17) is 19.4 Å². The molecule has 0 aliphatic carbocycles. The first kappa shape index (κ1) is 18.6. The molecular formula is C6H13O11PS. The first-order valence-corrected chi connectivity index (χ1v) is 7.69. The number of Topliss-reactive ketones (excluding diaryl/α,β-unsaturated/α-hetero) is 1. The van der Waals surface area contributed by atoms with Crippen molar-refractivity contribution in [3.63, 3.8) is 0 Å². The lowest BCUT2D eigenvalue weighted by Gasteiger charge is -2.21. The van der Waals surface area contributed by atoms with Gasteiger partial charge in [0.15, 0.2) is 5.78 Å². The van der Waals surface area contributed by atoms with Gasteiger partial charge in [0.25, 0.3) is 10.1 Å². The number of phosphoric acid groups is 1. The van der Waals surface area contributed by atoms with E-state index in [1.165, 1.54) is 0 Å². The van der Waals surface area contributed by atoms with Crippen molar-refractivity contribution in [2.75, 3.05) is 12.4 Å². The minimum Gasteiger partial charge on any atom is -0.389 e. The van der Waals surface area contributed by atoms with Crippen LogP contribution in [-0.2, 0) is 24.0 Å². The van der Waals surface area contributed by atoms with Gasteiger partial charge >= 0.3 is 7.82 Å². The Hall–Kier alpha value is -0.430. The minimum absolute atomic E-state index is 1.26. The van der Waals surface area contributed by atoms with E-state index in [9.17, 15) is 28.0 Å². The van der Waals surface area contributed by atoms with Gasteiger partial charge in [0.1, 0.15) is 24.6 Å². The Morgan fingerprint density at radius 3 is 2.05 bits per heavy atom. The lowest BCUT2D eigenvalue weighted by molar-refractivity contribution is -0.140. The van der Waals surface area contributed by atoms with Gasteiger partial charge in [-0.2, -0.15) is 8.42 Å². The van der Waals surface area contributed by atoms with Crippen LogP contribution in [0.1, 0.15) is 0 Å². The highest BCUT2D eigenvalue weighted by atomic mass is 32.2. The van der Waals surface area contributed by atoms with Crippen molar-refractivity contribution in [2.45, 2.75) is 18.3 Å². The third-order valence-corrected chi connectivity index (χ3v) is 3.03. The summed E-state index contributed by atoms with van der Waals surface area (Å²) >= 11 is 0. The van der Waals surface area contributed by atoms with Crippen LogP contribution in [0.25, 0.3) is 0 Å². The molecule has 0 unspecified atom stereocenters. The number of carbonyl (C=O) groups excluding carboxylic acids is 1. The number of phosphoric ester groups is 1. The second kappa shape index (κ2) is 6.83. The second-order valence-electron chi connectivity index (χ2n) is 3.48. The van der Waals surface area contributed by atoms with Crippen LogP contribution >= 0.6 is 7.82 Å². The fourth-order valence-corrected chi connectivity index (χ4v) is 1.87. The smallest absolute Gasteiger partial charge is 0.389 e. The lowest BCUT2D eigenvalue weighted by Crippen LogP contribution is -2.46. The minimum atomic E-state index is -4.96. The highest BCUT2D eigenvalue weighted by molar-refractivity contribution is 7.85. The standard InChI is InChI=1S/C6H13O11PS/c7-3(1-17-18(11,12)13)5(9)6(10)4(8)2-19(14,15)16/h4-6,8-10H,1-2H2,(H2,11,12,13)(H,14,15,16)/t4-,5-,6-/m1/s1. The molecule has 0 aromatic heterocycles. The van der Waals surface area contributed by atoms with E-state index in [0.29, 0.717) is 0 Å². The van der Waals surface area contributed by atoms with Crippen molar-refractivity contribution in [3.8, 4) is 0 Å². The van der Waals surface area contributed by atoms with Crippen LogP contribution in [0.5, 0.6) is 0 Å². The molecule has 0 saturated heterocycles. The zero-order valence-corrected chi connectivity index (χ0v) is 10.9. The summed E-state index contributed by atoms with van der Waals surface area (Å²) in [5.41, 5.74) is 0. The van der Waals surface area contributed by atoms with E-state index in [-0.39, 0.29) is 0 Å². The molecule has 3 atom stereocenters. The summed E-state index contributed by atoms with van der Waals surface area (Å²) in [5.74, 6) is -2.73. The molecule has 0 radical (unpaired) electrons. The molecule has 0 aromatic rings.